The van der Waals surface area contributed by atoms with E-state index in [1.807, 2.05) is 13.8 Å². The zero-order valence-corrected chi connectivity index (χ0v) is 12.3. The van der Waals surface area contributed by atoms with Gasteiger partial charge in [0.15, 0.2) is 0 Å². The first-order valence-electron chi connectivity index (χ1n) is 7.00. The summed E-state index contributed by atoms with van der Waals surface area (Å²) < 4.78 is 0. The Morgan fingerprint density at radius 2 is 1.95 bits per heavy atom. The number of piperazine rings is 1. The fraction of sp³-hybridized carbons (Fsp3) is 0.846. The number of hydrogen-bond donors (Lipinski definition) is 3. The Labute approximate surface area is 119 Å². The number of carbonyl (C=O) groups is 2. The molecule has 0 aromatic carbocycles. The lowest BCUT2D eigenvalue weighted by Crippen LogP contribution is -3.16. The zero-order valence-electron chi connectivity index (χ0n) is 12.3. The number of carboxylic acid groups (broad SMARTS) is 1. The molecular formula is C13H25N3O4. The third-order valence-electron chi connectivity index (χ3n) is 3.68. The van der Waals surface area contributed by atoms with Gasteiger partial charge in [-0.15, -0.1) is 0 Å². The van der Waals surface area contributed by atoms with Gasteiger partial charge in [-0.1, -0.05) is 0 Å². The van der Waals surface area contributed by atoms with Gasteiger partial charge in [-0.2, -0.15) is 0 Å². The van der Waals surface area contributed by atoms with Crippen molar-refractivity contribution in [3.05, 3.63) is 0 Å². The van der Waals surface area contributed by atoms with Gasteiger partial charge in [0, 0.05) is 19.6 Å². The number of β-amino-alcohol motifs (C(OH)–C–C–N with tert-alkyl or cyclic N) is 1. The molecule has 0 atom stereocenters. The van der Waals surface area contributed by atoms with Crippen LogP contribution < -0.4 is 15.3 Å². The second kappa shape index (κ2) is 7.56. The molecule has 0 aromatic heterocycles. The van der Waals surface area contributed by atoms with Crippen molar-refractivity contribution in [2.24, 2.45) is 5.41 Å². The molecule has 0 bridgehead atoms. The van der Waals surface area contributed by atoms with Crippen LogP contribution in [0.4, 0.5) is 0 Å². The topological polar surface area (TPSA) is 97.1 Å². The van der Waals surface area contributed by atoms with Crippen LogP contribution in [0, 0.1) is 5.41 Å². The Morgan fingerprint density at radius 3 is 2.45 bits per heavy atom. The first-order chi connectivity index (χ1) is 9.35. The number of nitrogens with one attached hydrogen (secondary N) is 2. The number of quaternary nitrogens is 1. The van der Waals surface area contributed by atoms with Crippen LogP contribution in [0.2, 0.25) is 0 Å². The molecule has 7 heteroatoms. The molecule has 1 fully saturated rings. The molecule has 1 rings (SSSR count). The predicted molar refractivity (Wildman–Crippen MR) is 70.9 cm³/mol. The molecule has 0 unspecified atom stereocenters. The fourth-order valence-corrected chi connectivity index (χ4v) is 2.51. The summed E-state index contributed by atoms with van der Waals surface area (Å²) in [5.74, 6) is -1.54. The van der Waals surface area contributed by atoms with Gasteiger partial charge in [0.1, 0.15) is 0 Å². The standard InChI is InChI=1S/C13H25N3O4/c1-13(2,12(20)14-9-11(18)19)10-16-5-3-15(4-6-16)7-8-17/h17H,3-10H2,1-2H3,(H,14,20)(H,18,19). The van der Waals surface area contributed by atoms with E-state index in [1.165, 1.54) is 4.90 Å². The highest BCUT2D eigenvalue weighted by Gasteiger charge is 2.33. The van der Waals surface area contributed by atoms with Crippen LogP contribution in [0.15, 0.2) is 0 Å². The average Bonchev–Trinajstić information content (AvgIpc) is 2.38. The van der Waals surface area contributed by atoms with Crippen LogP contribution in [0.25, 0.3) is 0 Å². The van der Waals surface area contributed by atoms with Crippen LogP contribution in [0.1, 0.15) is 13.8 Å². The first-order valence-corrected chi connectivity index (χ1v) is 7.00. The molecule has 1 aliphatic rings. The molecule has 0 saturated carbocycles. The van der Waals surface area contributed by atoms with Gasteiger partial charge in [-0.25, -0.2) is 0 Å². The number of aliphatic carboxylic acids is 1. The molecule has 3 N–H and O–H groups in total. The maximum absolute atomic E-state index is 12.0. The monoisotopic (exact) mass is 287 g/mol. The second-order valence-electron chi connectivity index (χ2n) is 5.93. The van der Waals surface area contributed by atoms with Crippen molar-refractivity contribution in [3.63, 3.8) is 0 Å². The van der Waals surface area contributed by atoms with Crippen LogP contribution in [-0.2, 0) is 9.59 Å². The molecule has 1 saturated heterocycles. The number of amides is 1. The molecule has 0 aromatic rings. The van der Waals surface area contributed by atoms with Gasteiger partial charge in [0.25, 0.3) is 0 Å². The van der Waals surface area contributed by atoms with E-state index in [9.17, 15) is 14.7 Å². The smallest absolute Gasteiger partial charge is 0.231 e. The predicted octanol–water partition coefficient (Wildman–Crippen LogP) is -3.93. The third-order valence-corrected chi connectivity index (χ3v) is 3.68. The van der Waals surface area contributed by atoms with Gasteiger partial charge >= 0.3 is 0 Å². The van der Waals surface area contributed by atoms with Crippen LogP contribution in [-0.4, -0.2) is 74.3 Å². The molecule has 0 aliphatic carbocycles. The van der Waals surface area contributed by atoms with Crippen LogP contribution >= 0.6 is 0 Å². The number of aliphatic hydroxyl groups is 1. The first kappa shape index (κ1) is 16.9. The summed E-state index contributed by atoms with van der Waals surface area (Å²) in [6.07, 6.45) is 0. The summed E-state index contributed by atoms with van der Waals surface area (Å²) in [5, 5.41) is 21.6. The summed E-state index contributed by atoms with van der Waals surface area (Å²) in [4.78, 5) is 25.8. The van der Waals surface area contributed by atoms with Crippen molar-refractivity contribution >= 4 is 11.9 Å². The van der Waals surface area contributed by atoms with Crippen molar-refractivity contribution in [2.45, 2.75) is 13.8 Å². The normalized spacial score (nSPS) is 17.9. The average molecular weight is 287 g/mol. The van der Waals surface area contributed by atoms with Crippen molar-refractivity contribution < 1.29 is 24.7 Å². The molecule has 1 amide bonds. The van der Waals surface area contributed by atoms with Gasteiger partial charge in [-0.05, 0) is 13.8 Å². The van der Waals surface area contributed by atoms with E-state index < -0.39 is 17.9 Å². The number of carbonyl (C=O) groups excluding carboxylic acids is 2. The van der Waals surface area contributed by atoms with Gasteiger partial charge in [-0.3, -0.25) is 9.69 Å². The largest absolute Gasteiger partial charge is 0.548 e. The summed E-state index contributed by atoms with van der Waals surface area (Å²) in [5.41, 5.74) is -0.607. The minimum atomic E-state index is -1.28. The zero-order chi connectivity index (χ0) is 15.2. The van der Waals surface area contributed by atoms with E-state index in [0.29, 0.717) is 13.1 Å². The summed E-state index contributed by atoms with van der Waals surface area (Å²) in [7, 11) is 0. The Bertz CT molecular complexity index is 339. The minimum absolute atomic E-state index is 0.173. The maximum Gasteiger partial charge on any atom is 0.231 e. The number of aliphatic hydroxyl groups excluding tert-OH is 1. The summed E-state index contributed by atoms with van der Waals surface area (Å²) in [6, 6.07) is 0. The lowest BCUT2D eigenvalue weighted by Gasteiger charge is -2.35. The van der Waals surface area contributed by atoms with E-state index in [4.69, 9.17) is 5.11 Å². The van der Waals surface area contributed by atoms with E-state index in [1.54, 1.807) is 0 Å². The summed E-state index contributed by atoms with van der Waals surface area (Å²) >= 11 is 0. The van der Waals surface area contributed by atoms with Gasteiger partial charge in [0.2, 0.25) is 5.91 Å². The number of nitrogens with zero attached hydrogens (tertiary/aromatic N) is 1. The molecule has 20 heavy (non-hydrogen) atoms. The molecule has 7 nitrogen and oxygen atoms in total. The maximum atomic E-state index is 12.0. The molecule has 1 aliphatic heterocycles. The van der Waals surface area contributed by atoms with E-state index in [2.05, 4.69) is 10.2 Å². The second-order valence-corrected chi connectivity index (χ2v) is 5.93. The van der Waals surface area contributed by atoms with Crippen molar-refractivity contribution in [3.8, 4) is 0 Å². The van der Waals surface area contributed by atoms with Crippen LogP contribution in [0.5, 0.6) is 0 Å². The minimum Gasteiger partial charge on any atom is -0.548 e. The highest BCUT2D eigenvalue weighted by molar-refractivity contribution is 5.84. The molecule has 1 heterocycles. The van der Waals surface area contributed by atoms with Crippen molar-refractivity contribution in [1.82, 2.24) is 10.2 Å². The lowest BCUT2D eigenvalue weighted by atomic mass is 9.91. The Morgan fingerprint density at radius 1 is 1.35 bits per heavy atom. The summed E-state index contributed by atoms with van der Waals surface area (Å²) in [6.45, 7) is 8.42. The van der Waals surface area contributed by atoms with E-state index >= 15 is 0 Å². The van der Waals surface area contributed by atoms with E-state index in [0.717, 1.165) is 26.2 Å². The number of rotatable bonds is 7. The molecule has 0 radical (unpaired) electrons. The SMILES string of the molecule is CC(C)(C[NH+]1CCN(CCO)CC1)C(=O)NCC(=O)[O-]. The van der Waals surface area contributed by atoms with Gasteiger partial charge in [0.05, 0.1) is 44.2 Å². The highest BCUT2D eigenvalue weighted by Crippen LogP contribution is 2.12. The molecule has 116 valence electrons. The Kier molecular flexibility index (Phi) is 6.38. The Hall–Kier alpha value is -1.18. The number of hydrogen-bond acceptors (Lipinski definition) is 5. The molecule has 0 spiro atoms. The van der Waals surface area contributed by atoms with Crippen molar-refractivity contribution in [2.75, 3.05) is 52.4 Å². The van der Waals surface area contributed by atoms with Crippen LogP contribution in [0.3, 0.4) is 0 Å². The third kappa shape index (κ3) is 5.44. The van der Waals surface area contributed by atoms with E-state index in [-0.39, 0.29) is 12.5 Å². The Balaban J connectivity index is 2.39. The number of carboxylic acids is 1. The fourth-order valence-electron chi connectivity index (χ4n) is 2.51. The van der Waals surface area contributed by atoms with Gasteiger partial charge < -0.3 is 25.2 Å². The molecular weight excluding hydrogens is 262 g/mol. The lowest BCUT2D eigenvalue weighted by molar-refractivity contribution is -0.909. The highest BCUT2D eigenvalue weighted by atomic mass is 16.4. The van der Waals surface area contributed by atoms with Crippen molar-refractivity contribution in [1.29, 1.82) is 0 Å². The quantitative estimate of drug-likeness (QED) is 0.444.